The molecule has 0 saturated carbocycles. The second-order valence-corrected chi connectivity index (χ2v) is 15.1. The van der Waals surface area contributed by atoms with Crippen molar-refractivity contribution in [2.45, 2.75) is 100 Å². The maximum atomic E-state index is 12.9. The third-order valence-electron chi connectivity index (χ3n) is 9.93. The second-order valence-electron chi connectivity index (χ2n) is 15.1. The number of carboxylic acid groups (broad SMARTS) is 6. The number of H-pyrrole nitrogens is 1. The highest BCUT2D eigenvalue weighted by Gasteiger charge is 2.29. The van der Waals surface area contributed by atoms with Crippen molar-refractivity contribution < 1.29 is 83.4 Å². The van der Waals surface area contributed by atoms with Gasteiger partial charge in [-0.05, 0) is 56.4 Å². The number of aromatic amines is 1. The third-order valence-corrected chi connectivity index (χ3v) is 9.93. The van der Waals surface area contributed by atoms with Gasteiger partial charge in [-0.25, -0.2) is 24.0 Å². The first kappa shape index (κ1) is 53.8. The molecule has 1 aromatic carbocycles. The van der Waals surface area contributed by atoms with Gasteiger partial charge in [-0.1, -0.05) is 0 Å². The van der Waals surface area contributed by atoms with Crippen LogP contribution < -0.4 is 53.8 Å². The van der Waals surface area contributed by atoms with Crippen LogP contribution >= 0.6 is 0 Å². The number of amides is 5. The molecule has 1 unspecified atom stereocenters. The number of aromatic nitrogens is 2. The van der Waals surface area contributed by atoms with Gasteiger partial charge in [0.2, 0.25) is 29.6 Å². The molecule has 0 radical (unpaired) electrons. The van der Waals surface area contributed by atoms with Gasteiger partial charge in [0.1, 0.15) is 35.9 Å². The topological polar surface area (TPSA) is 477 Å². The summed E-state index contributed by atoms with van der Waals surface area (Å²) in [7, 11) is 0. The van der Waals surface area contributed by atoms with Gasteiger partial charge >= 0.3 is 35.8 Å². The predicted molar refractivity (Wildman–Crippen MR) is 231 cm³/mol. The number of nitrogens with one attached hydrogen (secondary N) is 9. The minimum atomic E-state index is -1.73. The number of nitrogens with two attached hydrogens (primary N) is 1. The van der Waals surface area contributed by atoms with Crippen LogP contribution in [0, 0.1) is 0 Å². The van der Waals surface area contributed by atoms with Crippen LogP contribution in [0.3, 0.4) is 0 Å². The zero-order valence-corrected chi connectivity index (χ0v) is 35.9. The summed E-state index contributed by atoms with van der Waals surface area (Å²) >= 11 is 0. The molecule has 1 aliphatic rings. The number of carbonyl (C=O) groups is 11. The lowest BCUT2D eigenvalue weighted by Gasteiger charge is -2.27. The summed E-state index contributed by atoms with van der Waals surface area (Å²) in [6, 6.07) is -2.60. The molecule has 0 fully saturated rings. The summed E-state index contributed by atoms with van der Waals surface area (Å²) in [5.41, 5.74) is 5.99. The molecule has 17 N–H and O–H groups in total. The molecule has 0 aliphatic carbocycles. The number of hydrogen-bond acceptors (Lipinski definition) is 17. The Bertz CT molecular complexity index is 2290. The summed E-state index contributed by atoms with van der Waals surface area (Å²) < 4.78 is 0. The van der Waals surface area contributed by atoms with Crippen LogP contribution in [0.25, 0.3) is 0 Å². The van der Waals surface area contributed by atoms with Crippen LogP contribution in [-0.4, -0.2) is 155 Å². The highest BCUT2D eigenvalue weighted by molar-refractivity contribution is 5.97. The lowest BCUT2D eigenvalue weighted by Crippen LogP contribution is -2.46. The number of aliphatic carboxylic acids is 6. The number of fused-ring (bicyclic) bond motifs is 1. The Hall–Kier alpha value is -8.53. The molecular weight excluding hydrogens is 910 g/mol. The summed E-state index contributed by atoms with van der Waals surface area (Å²) in [6.45, 7) is 0.743. The van der Waals surface area contributed by atoms with Gasteiger partial charge in [0.15, 0.2) is 5.82 Å². The molecule has 29 nitrogen and oxygen atoms in total. The molecule has 0 spiro atoms. The van der Waals surface area contributed by atoms with E-state index in [-0.39, 0.29) is 23.2 Å². The zero-order chi connectivity index (χ0) is 50.7. The normalized spacial score (nSPS) is 14.8. The van der Waals surface area contributed by atoms with E-state index in [0.29, 0.717) is 24.6 Å². The molecule has 2 aromatic rings. The van der Waals surface area contributed by atoms with E-state index in [1.165, 1.54) is 12.1 Å². The standard InChI is InChI=1S/C39H51N11O18/c40-39-49-31-30(33(58)50-39)43-19(16-42-31)15-41-18-3-1-17(2-4-18)32(57)48-24(38(67)68)8-13-28(54)46-22(36(63)64)6-11-26(52)44-20(34(59)60)5-10-25(51)45-21(35(61)62)7-12-27(53)47-23(37(65)66)9-14-29(55)56/h1-4,19-24,41,43H,5-16H2,(H,44,52)(H,45,51)(H,46,54)(H,47,53)(H,48,57)(H,55,56)(H,59,60)(H,61,62)(H,63,64)(H,65,66)(H,67,68)(H4,40,42,49,50,58)/t19?,20-,21-,22-,23-,24-/m0/s1. The van der Waals surface area contributed by atoms with Crippen LogP contribution in [0.15, 0.2) is 29.1 Å². The average Bonchev–Trinajstić information content (AvgIpc) is 3.26. The minimum absolute atomic E-state index is 0.0379. The zero-order valence-electron chi connectivity index (χ0n) is 35.9. The number of carboxylic acids is 6. The maximum Gasteiger partial charge on any atom is 0.326 e. The van der Waals surface area contributed by atoms with Gasteiger partial charge in [0.25, 0.3) is 11.5 Å². The molecular formula is C39H51N11O18. The van der Waals surface area contributed by atoms with Crippen LogP contribution in [-0.2, 0) is 47.9 Å². The van der Waals surface area contributed by atoms with Crippen molar-refractivity contribution in [1.82, 2.24) is 36.6 Å². The molecule has 3 rings (SSSR count). The smallest absolute Gasteiger partial charge is 0.326 e. The van der Waals surface area contributed by atoms with Crippen molar-refractivity contribution >= 4 is 88.5 Å². The van der Waals surface area contributed by atoms with E-state index in [4.69, 9.17) is 10.8 Å². The van der Waals surface area contributed by atoms with E-state index >= 15 is 0 Å². The van der Waals surface area contributed by atoms with Crippen molar-refractivity contribution in [2.75, 3.05) is 34.8 Å². The van der Waals surface area contributed by atoms with E-state index in [9.17, 15) is 83.1 Å². The fourth-order valence-electron chi connectivity index (χ4n) is 6.30. The Morgan fingerprint density at radius 3 is 1.35 bits per heavy atom. The second kappa shape index (κ2) is 25.8. The number of nitrogen functional groups attached to an aromatic ring is 1. The van der Waals surface area contributed by atoms with E-state index in [1.807, 2.05) is 5.32 Å². The third kappa shape index (κ3) is 18.2. The first-order valence-electron chi connectivity index (χ1n) is 20.6. The molecule has 0 bridgehead atoms. The summed E-state index contributed by atoms with van der Waals surface area (Å²) in [5, 5.41) is 76.2. The molecule has 6 atom stereocenters. The summed E-state index contributed by atoms with van der Waals surface area (Å²) in [4.78, 5) is 151. The van der Waals surface area contributed by atoms with Crippen molar-refractivity contribution in [2.24, 2.45) is 0 Å². The Labute approximate surface area is 383 Å². The van der Waals surface area contributed by atoms with E-state index in [1.54, 1.807) is 12.1 Å². The lowest BCUT2D eigenvalue weighted by molar-refractivity contribution is -0.144. The molecule has 5 amide bonds. The van der Waals surface area contributed by atoms with E-state index < -0.39 is 165 Å². The van der Waals surface area contributed by atoms with Crippen LogP contribution in [0.2, 0.25) is 0 Å². The fraction of sp³-hybridized carbons (Fsp3) is 0.462. The fourth-order valence-corrected chi connectivity index (χ4v) is 6.30. The SMILES string of the molecule is Nc1nc2c(c(=O)[nH]1)NC(CNc1ccc(C(=O)N[C@@H](CCC(=O)N[C@@H](CCC(=O)N[C@@H](CCC(=O)N[C@@H](CCC(=O)N[C@@H](CCC(=O)O)C(=O)O)C(=O)O)C(=O)O)C(=O)O)C(=O)O)cc1)CN2. The van der Waals surface area contributed by atoms with Gasteiger partial charge in [-0.15, -0.1) is 0 Å². The Kier molecular flexibility index (Phi) is 20.4. The van der Waals surface area contributed by atoms with E-state index in [0.717, 1.165) is 0 Å². The van der Waals surface area contributed by atoms with Gasteiger partial charge < -0.3 is 78.9 Å². The quantitative estimate of drug-likeness (QED) is 0.0389. The maximum absolute atomic E-state index is 12.9. The molecule has 1 aromatic heterocycles. The first-order chi connectivity index (χ1) is 32.0. The Morgan fingerprint density at radius 1 is 0.588 bits per heavy atom. The number of rotatable bonds is 29. The van der Waals surface area contributed by atoms with Crippen molar-refractivity contribution in [3.8, 4) is 0 Å². The van der Waals surface area contributed by atoms with Gasteiger partial charge in [0.05, 0.1) is 6.04 Å². The summed E-state index contributed by atoms with van der Waals surface area (Å²) in [6.07, 6.45) is -5.71. The highest BCUT2D eigenvalue weighted by atomic mass is 16.4. The molecule has 29 heteroatoms. The van der Waals surface area contributed by atoms with Crippen molar-refractivity contribution in [3.05, 3.63) is 40.2 Å². The van der Waals surface area contributed by atoms with Crippen LogP contribution in [0.5, 0.6) is 0 Å². The van der Waals surface area contributed by atoms with E-state index in [2.05, 4.69) is 47.2 Å². The number of anilines is 4. The molecule has 1 aliphatic heterocycles. The van der Waals surface area contributed by atoms with Crippen LogP contribution in [0.1, 0.15) is 74.6 Å². The number of hydrogen-bond donors (Lipinski definition) is 16. The largest absolute Gasteiger partial charge is 0.481 e. The number of nitrogens with zero attached hydrogens (tertiary/aromatic N) is 1. The van der Waals surface area contributed by atoms with Gasteiger partial charge in [-0.3, -0.25) is 38.5 Å². The number of benzene rings is 1. The molecule has 370 valence electrons. The lowest BCUT2D eigenvalue weighted by atomic mass is 10.1. The summed E-state index contributed by atoms with van der Waals surface area (Å²) in [5.74, 6) is -13.6. The Balaban J connectivity index is 1.43. The monoisotopic (exact) mass is 961 g/mol. The van der Waals surface area contributed by atoms with Gasteiger partial charge in [0, 0.05) is 56.4 Å². The molecule has 0 saturated heterocycles. The van der Waals surface area contributed by atoms with Crippen LogP contribution in [0.4, 0.5) is 23.1 Å². The predicted octanol–water partition coefficient (Wildman–Crippen LogP) is -2.88. The number of carbonyl (C=O) groups excluding carboxylic acids is 5. The molecule has 2 heterocycles. The average molecular weight is 962 g/mol. The van der Waals surface area contributed by atoms with Crippen molar-refractivity contribution in [3.63, 3.8) is 0 Å². The molecule has 68 heavy (non-hydrogen) atoms. The minimum Gasteiger partial charge on any atom is -0.481 e. The highest BCUT2D eigenvalue weighted by Crippen LogP contribution is 2.20. The Morgan fingerprint density at radius 2 is 0.971 bits per heavy atom. The van der Waals surface area contributed by atoms with Gasteiger partial charge in [-0.2, -0.15) is 4.98 Å². The van der Waals surface area contributed by atoms with Crippen molar-refractivity contribution in [1.29, 1.82) is 0 Å². The first-order valence-corrected chi connectivity index (χ1v) is 20.6.